The first-order chi connectivity index (χ1) is 8.94. The fraction of sp³-hybridized carbons (Fsp3) is 0.231. The molecule has 19 heavy (non-hydrogen) atoms. The predicted octanol–water partition coefficient (Wildman–Crippen LogP) is 1.30. The molecule has 0 fully saturated rings. The molecule has 0 aliphatic rings. The molecule has 4 N–H and O–H groups in total. The van der Waals surface area contributed by atoms with E-state index in [1.165, 1.54) is 36.7 Å². The van der Waals surface area contributed by atoms with Crippen molar-refractivity contribution in [1.82, 2.24) is 9.97 Å². The molecule has 2 heterocycles. The predicted molar refractivity (Wildman–Crippen MR) is 67.0 cm³/mol. The number of hydrogen-bond acceptors (Lipinski definition) is 4. The Morgan fingerprint density at radius 1 is 1.00 bits per heavy atom. The van der Waals surface area contributed by atoms with Crippen LogP contribution in [0.3, 0.4) is 0 Å². The van der Waals surface area contributed by atoms with Gasteiger partial charge in [0.2, 0.25) is 11.9 Å². The van der Waals surface area contributed by atoms with Crippen LogP contribution in [0.1, 0.15) is 18.1 Å². The van der Waals surface area contributed by atoms with Gasteiger partial charge in [0.05, 0.1) is 5.54 Å². The van der Waals surface area contributed by atoms with Crippen LogP contribution in [-0.4, -0.2) is 16.0 Å². The Labute approximate surface area is 109 Å². The fourth-order valence-corrected chi connectivity index (χ4v) is 1.93. The summed E-state index contributed by atoms with van der Waals surface area (Å²) in [4.78, 5) is 7.15. The maximum absolute atomic E-state index is 12.9. The molecule has 6 heteroatoms. The van der Waals surface area contributed by atoms with Crippen molar-refractivity contribution in [1.29, 1.82) is 0 Å². The molecule has 0 saturated carbocycles. The topological polar surface area (TPSA) is 77.8 Å². The molecule has 0 aliphatic carbocycles. The van der Waals surface area contributed by atoms with E-state index >= 15 is 0 Å². The van der Waals surface area contributed by atoms with E-state index in [2.05, 4.69) is 9.97 Å². The molecular formula is C13H14F2N4. The highest BCUT2D eigenvalue weighted by Crippen LogP contribution is 2.28. The molecular weight excluding hydrogens is 250 g/mol. The number of pyridine rings is 2. The smallest absolute Gasteiger partial charge is 0.212 e. The van der Waals surface area contributed by atoms with Gasteiger partial charge in [-0.15, -0.1) is 0 Å². The first kappa shape index (κ1) is 13.5. The van der Waals surface area contributed by atoms with Crippen LogP contribution in [0, 0.1) is 11.9 Å². The second-order valence-electron chi connectivity index (χ2n) is 4.40. The van der Waals surface area contributed by atoms with Gasteiger partial charge in [-0.05, 0) is 30.2 Å². The molecule has 0 bridgehead atoms. The van der Waals surface area contributed by atoms with Crippen LogP contribution in [0.2, 0.25) is 0 Å². The molecule has 2 aromatic rings. The van der Waals surface area contributed by atoms with Crippen LogP contribution < -0.4 is 11.5 Å². The lowest BCUT2D eigenvalue weighted by Crippen LogP contribution is -2.52. The fourth-order valence-electron chi connectivity index (χ4n) is 1.93. The first-order valence-corrected chi connectivity index (χ1v) is 5.73. The van der Waals surface area contributed by atoms with Gasteiger partial charge in [0.15, 0.2) is 0 Å². The third kappa shape index (κ3) is 2.45. The molecule has 0 saturated heterocycles. The molecule has 2 aromatic heterocycles. The second-order valence-corrected chi connectivity index (χ2v) is 4.40. The summed E-state index contributed by atoms with van der Waals surface area (Å²) in [6.07, 6.45) is 2.64. The third-order valence-corrected chi connectivity index (χ3v) is 3.13. The van der Waals surface area contributed by atoms with Gasteiger partial charge in [-0.3, -0.25) is 0 Å². The van der Waals surface area contributed by atoms with Gasteiger partial charge < -0.3 is 11.5 Å². The quantitative estimate of drug-likeness (QED) is 0.819. The van der Waals surface area contributed by atoms with Crippen molar-refractivity contribution in [3.8, 4) is 0 Å². The van der Waals surface area contributed by atoms with Crippen LogP contribution in [0.25, 0.3) is 0 Å². The van der Waals surface area contributed by atoms with E-state index in [0.29, 0.717) is 11.1 Å². The summed E-state index contributed by atoms with van der Waals surface area (Å²) in [6.45, 7) is 1.71. The molecule has 0 aromatic carbocycles. The Balaban J connectivity index is 2.54. The van der Waals surface area contributed by atoms with Crippen LogP contribution >= 0.6 is 0 Å². The van der Waals surface area contributed by atoms with E-state index in [-0.39, 0.29) is 0 Å². The lowest BCUT2D eigenvalue weighted by molar-refractivity contribution is 0.438. The van der Waals surface area contributed by atoms with Gasteiger partial charge in [0.1, 0.15) is 0 Å². The van der Waals surface area contributed by atoms with E-state index in [9.17, 15) is 8.78 Å². The lowest BCUT2D eigenvalue weighted by atomic mass is 9.80. The second kappa shape index (κ2) is 4.99. The molecule has 0 amide bonds. The summed E-state index contributed by atoms with van der Waals surface area (Å²) >= 11 is 0. The van der Waals surface area contributed by atoms with Crippen LogP contribution in [0.5, 0.6) is 0 Å². The van der Waals surface area contributed by atoms with E-state index in [1.54, 1.807) is 6.92 Å². The largest absolute Gasteiger partial charge is 0.326 e. The van der Waals surface area contributed by atoms with Gasteiger partial charge in [-0.2, -0.15) is 8.78 Å². The number of halogens is 2. The van der Waals surface area contributed by atoms with Gasteiger partial charge in [-0.25, -0.2) is 9.97 Å². The monoisotopic (exact) mass is 264 g/mol. The maximum Gasteiger partial charge on any atom is 0.212 e. The Bertz CT molecular complexity index is 506. The molecule has 0 spiro atoms. The molecule has 0 radical (unpaired) electrons. The summed E-state index contributed by atoms with van der Waals surface area (Å²) in [5.41, 5.74) is 12.2. The number of nitrogens with two attached hydrogens (primary N) is 2. The van der Waals surface area contributed by atoms with E-state index in [1.807, 2.05) is 0 Å². The summed E-state index contributed by atoms with van der Waals surface area (Å²) in [7, 11) is 0. The van der Waals surface area contributed by atoms with Gasteiger partial charge in [0, 0.05) is 18.4 Å². The number of hydrogen-bond donors (Lipinski definition) is 2. The van der Waals surface area contributed by atoms with Gasteiger partial charge >= 0.3 is 0 Å². The lowest BCUT2D eigenvalue weighted by Gasteiger charge is -2.33. The SMILES string of the molecule is CC(N)C(N)(c1ccc(F)nc1)c1ccc(F)nc1. The number of rotatable bonds is 3. The van der Waals surface area contributed by atoms with E-state index in [4.69, 9.17) is 11.5 Å². The average Bonchev–Trinajstić information content (AvgIpc) is 2.39. The van der Waals surface area contributed by atoms with Crippen LogP contribution in [0.15, 0.2) is 36.7 Å². The molecule has 100 valence electrons. The Kier molecular flexibility index (Phi) is 3.55. The highest BCUT2D eigenvalue weighted by molar-refractivity contribution is 5.37. The minimum Gasteiger partial charge on any atom is -0.326 e. The summed E-state index contributed by atoms with van der Waals surface area (Å²) in [5, 5.41) is 0. The average molecular weight is 264 g/mol. The van der Waals surface area contributed by atoms with Gasteiger partial charge in [0.25, 0.3) is 0 Å². The normalized spacial score (nSPS) is 13.3. The Hall–Kier alpha value is -1.92. The maximum atomic E-state index is 12.9. The number of aromatic nitrogens is 2. The zero-order chi connectivity index (χ0) is 14.0. The highest BCUT2D eigenvalue weighted by atomic mass is 19.1. The standard InChI is InChI=1S/C13H14F2N4/c1-8(16)13(17,9-2-4-11(14)18-6-9)10-3-5-12(15)19-7-10/h2-8H,16-17H2,1H3. The zero-order valence-corrected chi connectivity index (χ0v) is 10.3. The summed E-state index contributed by atoms with van der Waals surface area (Å²) < 4.78 is 25.8. The van der Waals surface area contributed by atoms with Crippen molar-refractivity contribution in [2.24, 2.45) is 11.5 Å². The Morgan fingerprint density at radius 3 is 1.68 bits per heavy atom. The minimum atomic E-state index is -1.11. The molecule has 1 unspecified atom stereocenters. The number of nitrogens with zero attached hydrogens (tertiary/aromatic N) is 2. The van der Waals surface area contributed by atoms with Crippen molar-refractivity contribution >= 4 is 0 Å². The van der Waals surface area contributed by atoms with Crippen molar-refractivity contribution < 1.29 is 8.78 Å². The third-order valence-electron chi connectivity index (χ3n) is 3.13. The van der Waals surface area contributed by atoms with Crippen molar-refractivity contribution in [3.63, 3.8) is 0 Å². The summed E-state index contributed by atoms with van der Waals surface area (Å²) in [5.74, 6) is -1.21. The summed E-state index contributed by atoms with van der Waals surface area (Å²) in [6, 6.07) is 4.93. The van der Waals surface area contributed by atoms with E-state index < -0.39 is 23.5 Å². The minimum absolute atomic E-state index is 0.493. The molecule has 2 rings (SSSR count). The zero-order valence-electron chi connectivity index (χ0n) is 10.3. The van der Waals surface area contributed by atoms with Crippen LogP contribution in [0.4, 0.5) is 8.78 Å². The van der Waals surface area contributed by atoms with Gasteiger partial charge in [-0.1, -0.05) is 12.1 Å². The van der Waals surface area contributed by atoms with Crippen molar-refractivity contribution in [3.05, 3.63) is 59.7 Å². The van der Waals surface area contributed by atoms with Crippen molar-refractivity contribution in [2.75, 3.05) is 0 Å². The highest BCUT2D eigenvalue weighted by Gasteiger charge is 2.34. The van der Waals surface area contributed by atoms with Crippen molar-refractivity contribution in [2.45, 2.75) is 18.5 Å². The van der Waals surface area contributed by atoms with Crippen LogP contribution in [-0.2, 0) is 5.54 Å². The Morgan fingerprint density at radius 2 is 1.42 bits per heavy atom. The first-order valence-electron chi connectivity index (χ1n) is 5.73. The molecule has 0 aliphatic heterocycles. The van der Waals surface area contributed by atoms with E-state index in [0.717, 1.165) is 0 Å². The molecule has 1 atom stereocenters. The molecule has 4 nitrogen and oxygen atoms in total.